The Balaban J connectivity index is 1.56. The number of carbonyl (C=O) groups excluding carboxylic acids is 1. The number of nitrogens with zero attached hydrogens (tertiary/aromatic N) is 2. The molecule has 156 valence electrons. The highest BCUT2D eigenvalue weighted by molar-refractivity contribution is 14.1. The van der Waals surface area contributed by atoms with Gasteiger partial charge >= 0.3 is 0 Å². The van der Waals surface area contributed by atoms with E-state index in [0.29, 0.717) is 11.3 Å². The molecule has 0 saturated carbocycles. The Kier molecular flexibility index (Phi) is 6.71. The summed E-state index contributed by atoms with van der Waals surface area (Å²) < 4.78 is 21.2. The molecule has 0 aromatic heterocycles. The van der Waals surface area contributed by atoms with Crippen LogP contribution >= 0.6 is 45.2 Å². The number of halogens is 3. The van der Waals surface area contributed by atoms with Crippen molar-refractivity contribution in [1.82, 2.24) is 0 Å². The third-order valence-electron chi connectivity index (χ3n) is 4.67. The van der Waals surface area contributed by atoms with Gasteiger partial charge in [-0.3, -0.25) is 4.79 Å². The van der Waals surface area contributed by atoms with Crippen molar-refractivity contribution in [2.24, 2.45) is 5.10 Å². The molecule has 0 unspecified atom stereocenters. The summed E-state index contributed by atoms with van der Waals surface area (Å²) in [6.07, 6.45) is 1.85. The van der Waals surface area contributed by atoms with E-state index in [1.807, 2.05) is 61.5 Å². The number of amides is 1. The average Bonchev–Trinajstić information content (AvgIpc) is 3.02. The summed E-state index contributed by atoms with van der Waals surface area (Å²) in [6, 6.07) is 19.7. The monoisotopic (exact) mass is 638 g/mol. The summed E-state index contributed by atoms with van der Waals surface area (Å²) in [5.41, 5.74) is 3.62. The summed E-state index contributed by atoms with van der Waals surface area (Å²) in [5, 5.41) is 5.85. The molecule has 0 aliphatic carbocycles. The van der Waals surface area contributed by atoms with E-state index < -0.39 is 0 Å². The Labute approximate surface area is 207 Å². The zero-order valence-corrected chi connectivity index (χ0v) is 20.8. The fraction of sp³-hybridized carbons (Fsp3) is 0.0833. The molecule has 1 heterocycles. The van der Waals surface area contributed by atoms with Crippen LogP contribution in [0.15, 0.2) is 77.4 Å². The first-order valence-electron chi connectivity index (χ1n) is 9.45. The highest BCUT2D eigenvalue weighted by Gasteiger charge is 2.28. The first kappa shape index (κ1) is 21.9. The Hall–Kier alpha value is -2.27. The standard InChI is InChI=1S/C24H17FI2N2O2/c1-15-20(24(30)29(28-15)19-8-3-2-4-9-19)11-17-12-21(26)23(22(27)13-17)31-14-16-6-5-7-18(25)10-16/h2-13H,14H2,1H3/b20-11+. The van der Waals surface area contributed by atoms with Gasteiger partial charge in [0.25, 0.3) is 5.91 Å². The molecule has 3 aromatic rings. The number of rotatable bonds is 5. The lowest BCUT2D eigenvalue weighted by Crippen LogP contribution is -2.21. The maximum Gasteiger partial charge on any atom is 0.280 e. The van der Waals surface area contributed by atoms with Crippen LogP contribution in [-0.2, 0) is 11.4 Å². The minimum absolute atomic E-state index is 0.153. The highest BCUT2D eigenvalue weighted by Crippen LogP contribution is 2.32. The molecule has 1 aliphatic heterocycles. The van der Waals surface area contributed by atoms with Gasteiger partial charge in [-0.15, -0.1) is 0 Å². The number of hydrogen-bond donors (Lipinski definition) is 0. The van der Waals surface area contributed by atoms with Gasteiger partial charge in [-0.1, -0.05) is 30.3 Å². The van der Waals surface area contributed by atoms with Crippen LogP contribution in [0.5, 0.6) is 5.75 Å². The van der Waals surface area contributed by atoms with E-state index in [1.165, 1.54) is 17.1 Å². The third-order valence-corrected chi connectivity index (χ3v) is 6.27. The molecular formula is C24H17FI2N2O2. The molecule has 3 aromatic carbocycles. The Morgan fingerprint density at radius 1 is 1.03 bits per heavy atom. The van der Waals surface area contributed by atoms with Crippen molar-refractivity contribution in [3.05, 3.63) is 96.4 Å². The van der Waals surface area contributed by atoms with Crippen LogP contribution in [0, 0.1) is 13.0 Å². The van der Waals surface area contributed by atoms with Crippen LogP contribution in [0.2, 0.25) is 0 Å². The molecule has 7 heteroatoms. The molecular weight excluding hydrogens is 621 g/mol. The first-order valence-corrected chi connectivity index (χ1v) is 11.6. The minimum Gasteiger partial charge on any atom is -0.487 e. The molecule has 0 fully saturated rings. The Morgan fingerprint density at radius 3 is 2.42 bits per heavy atom. The second kappa shape index (κ2) is 9.47. The van der Waals surface area contributed by atoms with E-state index in [9.17, 15) is 9.18 Å². The van der Waals surface area contributed by atoms with Gasteiger partial charge in [-0.2, -0.15) is 10.1 Å². The van der Waals surface area contributed by atoms with Crippen molar-refractivity contribution in [3.63, 3.8) is 0 Å². The largest absolute Gasteiger partial charge is 0.487 e. The van der Waals surface area contributed by atoms with E-state index in [2.05, 4.69) is 50.3 Å². The number of hydrazone groups is 1. The molecule has 0 saturated heterocycles. The zero-order chi connectivity index (χ0) is 22.0. The van der Waals surface area contributed by atoms with Gasteiger partial charge in [-0.05, 0) is 106 Å². The molecule has 4 nitrogen and oxygen atoms in total. The quantitative estimate of drug-likeness (QED) is 0.239. The number of ether oxygens (including phenoxy) is 1. The van der Waals surface area contributed by atoms with E-state index in [4.69, 9.17) is 4.74 Å². The maximum absolute atomic E-state index is 13.4. The number of benzene rings is 3. The van der Waals surface area contributed by atoms with E-state index in [-0.39, 0.29) is 18.3 Å². The summed E-state index contributed by atoms with van der Waals surface area (Å²) in [5.74, 6) is 0.303. The smallest absolute Gasteiger partial charge is 0.280 e. The first-order chi connectivity index (χ1) is 14.9. The second-order valence-corrected chi connectivity index (χ2v) is 9.25. The molecule has 0 radical (unpaired) electrons. The zero-order valence-electron chi connectivity index (χ0n) is 16.5. The summed E-state index contributed by atoms with van der Waals surface area (Å²) in [6.45, 7) is 2.11. The van der Waals surface area contributed by atoms with Crippen LogP contribution in [0.25, 0.3) is 6.08 Å². The van der Waals surface area contributed by atoms with Crippen molar-refractivity contribution in [2.45, 2.75) is 13.5 Å². The normalized spacial score (nSPS) is 14.8. The van der Waals surface area contributed by atoms with Crippen LogP contribution in [-0.4, -0.2) is 11.6 Å². The predicted octanol–water partition coefficient (Wildman–Crippen LogP) is 6.42. The summed E-state index contributed by atoms with van der Waals surface area (Å²) >= 11 is 4.43. The van der Waals surface area contributed by atoms with Gasteiger partial charge in [0, 0.05) is 0 Å². The highest BCUT2D eigenvalue weighted by atomic mass is 127. The molecule has 0 atom stereocenters. The fourth-order valence-electron chi connectivity index (χ4n) is 3.18. The Morgan fingerprint density at radius 2 is 1.74 bits per heavy atom. The van der Waals surface area contributed by atoms with Gasteiger partial charge in [0.05, 0.1) is 24.1 Å². The van der Waals surface area contributed by atoms with Crippen LogP contribution in [0.1, 0.15) is 18.1 Å². The van der Waals surface area contributed by atoms with Crippen molar-refractivity contribution in [1.29, 1.82) is 0 Å². The molecule has 31 heavy (non-hydrogen) atoms. The summed E-state index contributed by atoms with van der Waals surface area (Å²) in [7, 11) is 0. The van der Waals surface area contributed by atoms with Gasteiger partial charge in [0.1, 0.15) is 18.2 Å². The Bertz CT molecular complexity index is 1190. The number of anilines is 1. The number of carbonyl (C=O) groups is 1. The van der Waals surface area contributed by atoms with Crippen LogP contribution in [0.4, 0.5) is 10.1 Å². The molecule has 0 spiro atoms. The molecule has 0 bridgehead atoms. The van der Waals surface area contributed by atoms with Crippen molar-refractivity contribution >= 4 is 68.6 Å². The average molecular weight is 638 g/mol. The van der Waals surface area contributed by atoms with Gasteiger partial charge in [0.2, 0.25) is 0 Å². The van der Waals surface area contributed by atoms with Crippen molar-refractivity contribution < 1.29 is 13.9 Å². The molecule has 0 N–H and O–H groups in total. The fourth-order valence-corrected chi connectivity index (χ4v) is 5.31. The van der Waals surface area contributed by atoms with Gasteiger partial charge < -0.3 is 4.74 Å². The van der Waals surface area contributed by atoms with Gasteiger partial charge in [0.15, 0.2) is 0 Å². The van der Waals surface area contributed by atoms with E-state index in [1.54, 1.807) is 6.07 Å². The number of hydrogen-bond acceptors (Lipinski definition) is 3. The van der Waals surface area contributed by atoms with Crippen molar-refractivity contribution in [3.8, 4) is 5.75 Å². The lowest BCUT2D eigenvalue weighted by Gasteiger charge is -2.12. The number of para-hydroxylation sites is 1. The molecule has 1 aliphatic rings. The maximum atomic E-state index is 13.4. The van der Waals surface area contributed by atoms with Gasteiger partial charge in [-0.25, -0.2) is 4.39 Å². The second-order valence-electron chi connectivity index (χ2n) is 6.93. The minimum atomic E-state index is -0.282. The third kappa shape index (κ3) is 4.98. The van der Waals surface area contributed by atoms with E-state index >= 15 is 0 Å². The van der Waals surface area contributed by atoms with Crippen molar-refractivity contribution in [2.75, 3.05) is 5.01 Å². The molecule has 4 rings (SSSR count). The predicted molar refractivity (Wildman–Crippen MR) is 138 cm³/mol. The lowest BCUT2D eigenvalue weighted by atomic mass is 10.1. The molecule has 1 amide bonds. The topological polar surface area (TPSA) is 41.9 Å². The summed E-state index contributed by atoms with van der Waals surface area (Å²) in [4.78, 5) is 12.9. The van der Waals surface area contributed by atoms with Crippen LogP contribution in [0.3, 0.4) is 0 Å². The lowest BCUT2D eigenvalue weighted by molar-refractivity contribution is -0.114. The van der Waals surface area contributed by atoms with E-state index in [0.717, 1.165) is 29.7 Å². The SMILES string of the molecule is CC1=NN(c2ccccc2)C(=O)/C1=C/c1cc(I)c(OCc2cccc(F)c2)c(I)c1. The van der Waals surface area contributed by atoms with Crippen LogP contribution < -0.4 is 9.75 Å².